The van der Waals surface area contributed by atoms with Crippen LogP contribution >= 0.6 is 0 Å². The third-order valence-corrected chi connectivity index (χ3v) is 7.88. The van der Waals surface area contributed by atoms with E-state index in [-0.39, 0.29) is 5.56 Å². The molecular formula is C26H26F3NO7S. The Morgan fingerprint density at radius 2 is 1.45 bits per heavy atom. The molecule has 0 saturated heterocycles. The molecule has 4 rings (SSSR count). The summed E-state index contributed by atoms with van der Waals surface area (Å²) in [5.41, 5.74) is -2.96. The molecule has 1 aliphatic rings. The van der Waals surface area contributed by atoms with Gasteiger partial charge in [0.2, 0.25) is 5.54 Å². The number of carbonyl (C=O) groups is 2. The highest BCUT2D eigenvalue weighted by Gasteiger charge is 2.65. The Morgan fingerprint density at radius 1 is 0.947 bits per heavy atom. The normalized spacial score (nSPS) is 20.4. The summed E-state index contributed by atoms with van der Waals surface area (Å²) in [5.74, 6) is -1.87. The van der Waals surface area contributed by atoms with Crippen molar-refractivity contribution in [2.24, 2.45) is 0 Å². The van der Waals surface area contributed by atoms with E-state index in [1.807, 2.05) is 64.1 Å². The lowest BCUT2D eigenvalue weighted by molar-refractivity contribution is -0.809. The Labute approximate surface area is 217 Å². The Balaban J connectivity index is 0.000000436. The largest absolute Gasteiger partial charge is 0.741 e. The summed E-state index contributed by atoms with van der Waals surface area (Å²) < 4.78 is 58.9. The van der Waals surface area contributed by atoms with Gasteiger partial charge in [-0.1, -0.05) is 24.3 Å². The second-order valence-corrected chi connectivity index (χ2v) is 11.2. The van der Waals surface area contributed by atoms with Crippen molar-refractivity contribution in [1.29, 1.82) is 0 Å². The first kappa shape index (κ1) is 29.1. The van der Waals surface area contributed by atoms with E-state index in [2.05, 4.69) is 0 Å². The SMILES string of the molecule is Cc1cc(C(=O)O)cc(C)c1[NH+]1c2ccc3ccccc3c2C(C)(C)C1(C)C(=O)O.O=S(=O)([O-])C(F)(F)F. The highest BCUT2D eigenvalue weighted by molar-refractivity contribution is 7.86. The van der Waals surface area contributed by atoms with Crippen LogP contribution in [-0.4, -0.2) is 46.2 Å². The van der Waals surface area contributed by atoms with Gasteiger partial charge in [-0.25, -0.2) is 18.0 Å². The lowest BCUT2D eigenvalue weighted by atomic mass is 9.70. The number of hydrogen-bond donors (Lipinski definition) is 3. The van der Waals surface area contributed by atoms with E-state index >= 15 is 0 Å². The van der Waals surface area contributed by atoms with Gasteiger partial charge < -0.3 is 14.8 Å². The van der Waals surface area contributed by atoms with Crippen LogP contribution in [0.25, 0.3) is 10.8 Å². The highest BCUT2D eigenvalue weighted by atomic mass is 32.2. The Hall–Kier alpha value is -3.48. The first-order valence-electron chi connectivity index (χ1n) is 11.3. The van der Waals surface area contributed by atoms with Crippen LogP contribution in [0.2, 0.25) is 0 Å². The average Bonchev–Trinajstić information content (AvgIpc) is 2.96. The van der Waals surface area contributed by atoms with Crippen LogP contribution in [0.5, 0.6) is 0 Å². The second kappa shape index (κ2) is 9.37. The summed E-state index contributed by atoms with van der Waals surface area (Å²) in [6.45, 7) is 9.50. The predicted molar refractivity (Wildman–Crippen MR) is 132 cm³/mol. The number of nitrogens with one attached hydrogen (secondary N) is 1. The Kier molecular flexibility index (Phi) is 7.17. The molecule has 2 unspecified atom stereocenters. The maximum Gasteiger partial charge on any atom is 0.485 e. The molecule has 0 amide bonds. The van der Waals surface area contributed by atoms with Crippen LogP contribution in [0.1, 0.15) is 47.8 Å². The minimum atomic E-state index is -6.09. The number of fused-ring (bicyclic) bond motifs is 3. The van der Waals surface area contributed by atoms with E-state index < -0.39 is 38.5 Å². The molecule has 0 spiro atoms. The fourth-order valence-electron chi connectivity index (χ4n) is 5.23. The van der Waals surface area contributed by atoms with Crippen molar-refractivity contribution in [2.45, 2.75) is 51.1 Å². The maximum absolute atomic E-state index is 12.8. The van der Waals surface area contributed by atoms with Gasteiger partial charge in [-0.05, 0) is 56.7 Å². The van der Waals surface area contributed by atoms with Gasteiger partial charge in [0, 0.05) is 29.7 Å². The molecule has 12 heteroatoms. The van der Waals surface area contributed by atoms with Crippen LogP contribution in [0, 0.1) is 13.8 Å². The maximum atomic E-state index is 12.8. The van der Waals surface area contributed by atoms with E-state index in [0.29, 0.717) is 0 Å². The van der Waals surface area contributed by atoms with Gasteiger partial charge in [0.15, 0.2) is 10.1 Å². The molecule has 0 radical (unpaired) electrons. The minimum Gasteiger partial charge on any atom is -0.741 e. The summed E-state index contributed by atoms with van der Waals surface area (Å²) in [6.07, 6.45) is 0. The molecule has 0 aliphatic carbocycles. The van der Waals surface area contributed by atoms with Gasteiger partial charge in [-0.15, -0.1) is 0 Å². The number of quaternary nitrogens is 1. The number of alkyl halides is 3. The molecule has 8 nitrogen and oxygen atoms in total. The van der Waals surface area contributed by atoms with E-state index in [9.17, 15) is 33.0 Å². The summed E-state index contributed by atoms with van der Waals surface area (Å²) >= 11 is 0. The zero-order chi connectivity index (χ0) is 29.0. The molecule has 204 valence electrons. The zero-order valence-electron chi connectivity index (χ0n) is 21.1. The van der Waals surface area contributed by atoms with Gasteiger partial charge in [0.25, 0.3) is 0 Å². The molecule has 38 heavy (non-hydrogen) atoms. The quantitative estimate of drug-likeness (QED) is 0.327. The average molecular weight is 554 g/mol. The van der Waals surface area contributed by atoms with Crippen LogP contribution in [-0.2, 0) is 20.3 Å². The molecule has 0 bridgehead atoms. The molecule has 0 fully saturated rings. The standard InChI is InChI=1S/C25H25NO4.CHF3O3S/c1-14-12-17(22(27)28)13-15(2)21(14)26-19-11-10-16-8-6-7-9-18(16)20(19)24(3,4)25(26,5)23(29)30;2-1(3,4)8(5,6)7/h6-13H,1-5H3,(H,27,28)(H,29,30);(H,5,6,7). The minimum absolute atomic E-state index is 0.211. The van der Waals surface area contributed by atoms with Gasteiger partial charge in [0.05, 0.1) is 11.0 Å². The second-order valence-electron chi connectivity index (χ2n) is 9.83. The molecule has 1 aliphatic heterocycles. The number of rotatable bonds is 3. The molecule has 0 saturated carbocycles. The molecule has 3 aromatic rings. The summed E-state index contributed by atoms with van der Waals surface area (Å²) in [6, 6.07) is 15.4. The van der Waals surface area contributed by atoms with Crippen LogP contribution in [0.3, 0.4) is 0 Å². The van der Waals surface area contributed by atoms with Crippen molar-refractivity contribution >= 4 is 44.2 Å². The molecule has 3 N–H and O–H groups in total. The fourth-order valence-corrected chi connectivity index (χ4v) is 5.23. The molecule has 0 aromatic heterocycles. The Morgan fingerprint density at radius 3 is 1.89 bits per heavy atom. The molecule has 3 aromatic carbocycles. The van der Waals surface area contributed by atoms with Crippen molar-refractivity contribution in [3.63, 3.8) is 0 Å². The van der Waals surface area contributed by atoms with Gasteiger partial charge in [-0.2, -0.15) is 13.2 Å². The predicted octanol–water partition coefficient (Wildman–Crippen LogP) is 4.19. The van der Waals surface area contributed by atoms with E-state index in [0.717, 1.165) is 43.7 Å². The number of hydrogen-bond acceptors (Lipinski definition) is 5. The lowest BCUT2D eigenvalue weighted by Gasteiger charge is -2.37. The number of carboxylic acids is 2. The first-order chi connectivity index (χ1) is 17.3. The number of benzene rings is 3. The van der Waals surface area contributed by atoms with E-state index in [1.165, 1.54) is 0 Å². The third-order valence-electron chi connectivity index (χ3n) is 7.31. The summed E-state index contributed by atoms with van der Waals surface area (Å²) in [7, 11) is -6.09. The lowest BCUT2D eigenvalue weighted by Crippen LogP contribution is -3.13. The van der Waals surface area contributed by atoms with E-state index in [1.54, 1.807) is 19.1 Å². The van der Waals surface area contributed by atoms with Gasteiger partial charge in [0.1, 0.15) is 11.4 Å². The summed E-state index contributed by atoms with van der Waals surface area (Å²) in [5, 5.41) is 22.1. The third kappa shape index (κ3) is 4.52. The van der Waals surface area contributed by atoms with Crippen molar-refractivity contribution in [3.05, 3.63) is 70.8 Å². The topological polar surface area (TPSA) is 136 Å². The van der Waals surface area contributed by atoms with Crippen molar-refractivity contribution in [2.75, 3.05) is 0 Å². The van der Waals surface area contributed by atoms with Gasteiger partial charge in [-0.3, -0.25) is 4.90 Å². The van der Waals surface area contributed by atoms with Crippen LogP contribution < -0.4 is 4.90 Å². The molecular weight excluding hydrogens is 527 g/mol. The zero-order valence-corrected chi connectivity index (χ0v) is 21.9. The van der Waals surface area contributed by atoms with Gasteiger partial charge >= 0.3 is 17.4 Å². The highest BCUT2D eigenvalue weighted by Crippen LogP contribution is 2.47. The molecule has 2 atom stereocenters. The molecule has 1 heterocycles. The number of halogens is 3. The number of aryl methyl sites for hydroxylation is 2. The van der Waals surface area contributed by atoms with E-state index in [4.69, 9.17) is 13.0 Å². The number of carboxylic acid groups (broad SMARTS) is 2. The van der Waals surface area contributed by atoms with Crippen LogP contribution in [0.15, 0.2) is 48.5 Å². The number of aromatic carboxylic acids is 1. The number of aliphatic carboxylic acids is 1. The van der Waals surface area contributed by atoms with Crippen molar-refractivity contribution in [3.8, 4) is 0 Å². The van der Waals surface area contributed by atoms with Crippen LogP contribution in [0.4, 0.5) is 24.5 Å². The fraction of sp³-hybridized carbons (Fsp3) is 0.308. The Bertz CT molecular complexity index is 1540. The monoisotopic (exact) mass is 553 g/mol. The first-order valence-corrected chi connectivity index (χ1v) is 12.7. The summed E-state index contributed by atoms with van der Waals surface area (Å²) in [4.78, 5) is 25.1. The van der Waals surface area contributed by atoms with Crippen molar-refractivity contribution in [1.82, 2.24) is 0 Å². The van der Waals surface area contributed by atoms with Crippen molar-refractivity contribution < 1.29 is 50.8 Å². The smallest absolute Gasteiger partial charge is 0.485 e.